The summed E-state index contributed by atoms with van der Waals surface area (Å²) in [5, 5.41) is 3.72. The molecule has 0 aromatic heterocycles. The third kappa shape index (κ3) is 3.96. The molecule has 0 spiro atoms. The molecule has 0 amide bonds. The highest BCUT2D eigenvalue weighted by molar-refractivity contribution is 7.99. The minimum absolute atomic E-state index is 0.823. The minimum Gasteiger partial charge on any atom is -0.314 e. The van der Waals surface area contributed by atoms with Crippen LogP contribution in [0.4, 0.5) is 0 Å². The molecule has 0 radical (unpaired) electrons. The van der Waals surface area contributed by atoms with E-state index in [0.29, 0.717) is 0 Å². The normalized spacial score (nSPS) is 25.3. The summed E-state index contributed by atoms with van der Waals surface area (Å²) in [7, 11) is 0. The van der Waals surface area contributed by atoms with Gasteiger partial charge in [0.15, 0.2) is 0 Å². The topological polar surface area (TPSA) is 12.0 Å². The average Bonchev–Trinajstić information content (AvgIpc) is 2.25. The van der Waals surface area contributed by atoms with Crippen molar-refractivity contribution in [3.63, 3.8) is 0 Å². The van der Waals surface area contributed by atoms with Gasteiger partial charge in [-0.15, -0.1) is 0 Å². The second-order valence-corrected chi connectivity index (χ2v) is 6.80. The molecular formula is C14H27NS. The summed E-state index contributed by atoms with van der Waals surface area (Å²) in [6.07, 6.45) is 10.3. The molecule has 1 unspecified atom stereocenters. The molecule has 1 nitrogen and oxygen atoms in total. The molecule has 1 N–H and O–H groups in total. The second-order valence-electron chi connectivity index (χ2n) is 5.58. The lowest BCUT2D eigenvalue weighted by atomic mass is 9.79. The number of hydrogen-bond acceptors (Lipinski definition) is 2. The van der Waals surface area contributed by atoms with E-state index in [-0.39, 0.29) is 0 Å². The van der Waals surface area contributed by atoms with E-state index in [9.17, 15) is 0 Å². The van der Waals surface area contributed by atoms with E-state index in [1.165, 1.54) is 56.5 Å². The molecule has 16 heavy (non-hydrogen) atoms. The summed E-state index contributed by atoms with van der Waals surface area (Å²) in [4.78, 5) is 0. The van der Waals surface area contributed by atoms with Crippen LogP contribution in [0.2, 0.25) is 0 Å². The van der Waals surface area contributed by atoms with Crippen molar-refractivity contribution in [2.75, 3.05) is 18.1 Å². The Labute approximate surface area is 105 Å². The highest BCUT2D eigenvalue weighted by Crippen LogP contribution is 2.33. The highest BCUT2D eigenvalue weighted by Gasteiger charge is 2.24. The van der Waals surface area contributed by atoms with Crippen molar-refractivity contribution in [2.45, 2.75) is 57.9 Å². The molecule has 2 fully saturated rings. The van der Waals surface area contributed by atoms with Crippen molar-refractivity contribution < 1.29 is 0 Å². The van der Waals surface area contributed by atoms with Crippen LogP contribution in [0.5, 0.6) is 0 Å². The van der Waals surface area contributed by atoms with Crippen LogP contribution in [0.3, 0.4) is 0 Å². The molecule has 2 heteroatoms. The molecule has 2 aliphatic rings. The van der Waals surface area contributed by atoms with Gasteiger partial charge < -0.3 is 5.32 Å². The molecule has 2 rings (SSSR count). The van der Waals surface area contributed by atoms with Crippen molar-refractivity contribution in [3.8, 4) is 0 Å². The molecule has 0 aromatic rings. The third-order valence-electron chi connectivity index (χ3n) is 4.29. The quantitative estimate of drug-likeness (QED) is 0.761. The highest BCUT2D eigenvalue weighted by atomic mass is 32.2. The fourth-order valence-corrected chi connectivity index (χ4v) is 4.27. The predicted octanol–water partition coefficient (Wildman–Crippen LogP) is 3.69. The van der Waals surface area contributed by atoms with E-state index in [0.717, 1.165) is 24.4 Å². The Bertz CT molecular complexity index is 185. The van der Waals surface area contributed by atoms with Gasteiger partial charge in [0.05, 0.1) is 0 Å². The van der Waals surface area contributed by atoms with Crippen molar-refractivity contribution >= 4 is 11.8 Å². The maximum Gasteiger partial charge on any atom is 0.00722 e. The Morgan fingerprint density at radius 3 is 2.19 bits per heavy atom. The van der Waals surface area contributed by atoms with Crippen LogP contribution in [0.1, 0.15) is 51.9 Å². The Hall–Kier alpha value is 0.310. The van der Waals surface area contributed by atoms with Crippen molar-refractivity contribution in [2.24, 2.45) is 11.8 Å². The monoisotopic (exact) mass is 241 g/mol. The summed E-state index contributed by atoms with van der Waals surface area (Å²) in [6.45, 7) is 3.41. The molecule has 1 aliphatic carbocycles. The zero-order chi connectivity index (χ0) is 11.2. The molecule has 0 bridgehead atoms. The van der Waals surface area contributed by atoms with Crippen LogP contribution in [-0.2, 0) is 0 Å². The summed E-state index contributed by atoms with van der Waals surface area (Å²) in [5.74, 6) is 4.90. The van der Waals surface area contributed by atoms with Crippen LogP contribution in [-0.4, -0.2) is 24.1 Å². The van der Waals surface area contributed by atoms with Crippen LogP contribution >= 0.6 is 11.8 Å². The second kappa shape index (κ2) is 6.90. The van der Waals surface area contributed by atoms with Crippen LogP contribution < -0.4 is 5.32 Å². The molecular weight excluding hydrogens is 214 g/mol. The number of hydrogen-bond donors (Lipinski definition) is 1. The largest absolute Gasteiger partial charge is 0.314 e. The van der Waals surface area contributed by atoms with Gasteiger partial charge in [-0.1, -0.05) is 26.2 Å². The number of nitrogens with one attached hydrogen (secondary N) is 1. The van der Waals surface area contributed by atoms with Gasteiger partial charge in [0.2, 0.25) is 0 Å². The Kier molecular flexibility index (Phi) is 5.51. The van der Waals surface area contributed by atoms with E-state index in [2.05, 4.69) is 24.0 Å². The van der Waals surface area contributed by atoms with Gasteiger partial charge in [-0.05, 0) is 55.6 Å². The van der Waals surface area contributed by atoms with Gasteiger partial charge >= 0.3 is 0 Å². The smallest absolute Gasteiger partial charge is 0.00722 e. The molecule has 1 saturated carbocycles. The van der Waals surface area contributed by atoms with E-state index >= 15 is 0 Å². The zero-order valence-electron chi connectivity index (χ0n) is 10.7. The van der Waals surface area contributed by atoms with Crippen LogP contribution in [0.25, 0.3) is 0 Å². The van der Waals surface area contributed by atoms with Crippen molar-refractivity contribution in [1.82, 2.24) is 5.32 Å². The first-order chi connectivity index (χ1) is 7.88. The average molecular weight is 241 g/mol. The maximum absolute atomic E-state index is 3.72. The molecule has 1 atom stereocenters. The fourth-order valence-electron chi connectivity index (χ4n) is 3.07. The standard InChI is InChI=1S/C14H27NS/c1-2-15-14(10-12-4-3-5-12)11-13-6-8-16-9-7-13/h12-15H,2-11H2,1H3. The number of rotatable bonds is 6. The SMILES string of the molecule is CCNC(CC1CCC1)CC1CCSCC1. The van der Waals surface area contributed by atoms with Gasteiger partial charge in [0.25, 0.3) is 0 Å². The van der Waals surface area contributed by atoms with E-state index in [4.69, 9.17) is 0 Å². The number of thioether (sulfide) groups is 1. The van der Waals surface area contributed by atoms with Gasteiger partial charge in [0, 0.05) is 6.04 Å². The molecule has 94 valence electrons. The van der Waals surface area contributed by atoms with E-state index in [1.54, 1.807) is 0 Å². The van der Waals surface area contributed by atoms with Gasteiger partial charge in [-0.25, -0.2) is 0 Å². The Morgan fingerprint density at radius 2 is 1.69 bits per heavy atom. The Balaban J connectivity index is 1.71. The Morgan fingerprint density at radius 1 is 1.06 bits per heavy atom. The molecule has 1 saturated heterocycles. The van der Waals surface area contributed by atoms with E-state index < -0.39 is 0 Å². The molecule has 0 aromatic carbocycles. The first-order valence-corrected chi connectivity index (χ1v) is 8.35. The van der Waals surface area contributed by atoms with Crippen molar-refractivity contribution in [3.05, 3.63) is 0 Å². The molecule has 1 heterocycles. The first kappa shape index (κ1) is 12.8. The first-order valence-electron chi connectivity index (χ1n) is 7.19. The zero-order valence-corrected chi connectivity index (χ0v) is 11.5. The third-order valence-corrected chi connectivity index (χ3v) is 5.34. The minimum atomic E-state index is 0.823. The summed E-state index contributed by atoms with van der Waals surface area (Å²) >= 11 is 2.15. The van der Waals surface area contributed by atoms with E-state index in [1.807, 2.05) is 0 Å². The fraction of sp³-hybridized carbons (Fsp3) is 1.00. The summed E-state index contributed by atoms with van der Waals surface area (Å²) < 4.78 is 0. The lowest BCUT2D eigenvalue weighted by Crippen LogP contribution is -2.35. The summed E-state index contributed by atoms with van der Waals surface area (Å²) in [6, 6.07) is 0.823. The summed E-state index contributed by atoms with van der Waals surface area (Å²) in [5.41, 5.74) is 0. The van der Waals surface area contributed by atoms with Gasteiger partial charge in [-0.3, -0.25) is 0 Å². The predicted molar refractivity (Wildman–Crippen MR) is 74.1 cm³/mol. The van der Waals surface area contributed by atoms with Crippen molar-refractivity contribution in [1.29, 1.82) is 0 Å². The van der Waals surface area contributed by atoms with Crippen LogP contribution in [0.15, 0.2) is 0 Å². The van der Waals surface area contributed by atoms with Crippen LogP contribution in [0, 0.1) is 11.8 Å². The lowest BCUT2D eigenvalue weighted by Gasteiger charge is -2.33. The lowest BCUT2D eigenvalue weighted by molar-refractivity contribution is 0.238. The maximum atomic E-state index is 3.72. The molecule has 1 aliphatic heterocycles. The van der Waals surface area contributed by atoms with Gasteiger partial charge in [0.1, 0.15) is 0 Å². The van der Waals surface area contributed by atoms with Gasteiger partial charge in [-0.2, -0.15) is 11.8 Å².